The summed E-state index contributed by atoms with van der Waals surface area (Å²) in [6.45, 7) is -1.88. The van der Waals surface area contributed by atoms with Crippen molar-refractivity contribution in [3.8, 4) is 0 Å². The van der Waals surface area contributed by atoms with Crippen LogP contribution in [0.5, 0.6) is 0 Å². The first-order chi connectivity index (χ1) is 25.8. The van der Waals surface area contributed by atoms with Crippen LogP contribution in [0.3, 0.4) is 0 Å². The number of unbranched alkanes of at least 4 members (excludes halogenated alkanes) is 3. The molecular formula is C29H40F13NO14. The molecule has 0 unspecified atom stereocenters. The lowest BCUT2D eigenvalue weighted by Gasteiger charge is -2.50. The SMILES string of the molecule is CC(=O)N[C@H]1[C@H]([C@H](O)[C@H](O)CO)O[C@@](O[C@H]2[C@@H](O)[C@@H](CO)O[C@@H](OCCCCCCC(F)(F)C(F)(F)C(F)(F)C(F)(F)C(F)(F)C(F)(F)F)[C@@H]2O)(C(=O)O)C[C@@H]1O. The number of carboxylic acids is 1. The van der Waals surface area contributed by atoms with Crippen molar-refractivity contribution in [1.82, 2.24) is 5.32 Å². The Morgan fingerprint density at radius 3 is 1.86 bits per heavy atom. The van der Waals surface area contributed by atoms with Gasteiger partial charge in [0.25, 0.3) is 5.79 Å². The normalized spacial score (nSPS) is 30.8. The summed E-state index contributed by atoms with van der Waals surface area (Å²) < 4.78 is 194. The van der Waals surface area contributed by atoms with Crippen molar-refractivity contribution in [2.75, 3.05) is 19.8 Å². The standard InChI is InChI=1S/C29H40F13NO14/c1-11(46)43-15-12(47)8-23(22(52)53,56-19(15)16(49)13(48)9-44)57-20-17(50)14(10-45)55-21(18(20)51)54-7-5-3-2-4-6-24(30,31)25(32,33)26(34,35)27(36,37)28(38,39)29(40,41)42/h12-21,44-45,47-51H,2-10H2,1H3,(H,43,46)(H,52,53)/t12-,13+,14+,15+,16+,17-,18+,19+,20-,21+,23-/m0/s1. The molecule has 0 aromatic heterocycles. The molecule has 57 heavy (non-hydrogen) atoms. The highest BCUT2D eigenvalue weighted by atomic mass is 19.4. The molecule has 15 nitrogen and oxygen atoms in total. The van der Waals surface area contributed by atoms with Gasteiger partial charge in [0.05, 0.1) is 25.4 Å². The average Bonchev–Trinajstić information content (AvgIpc) is 3.09. The van der Waals surface area contributed by atoms with Crippen molar-refractivity contribution in [3.63, 3.8) is 0 Å². The Labute approximate surface area is 312 Å². The lowest BCUT2D eigenvalue weighted by atomic mass is 9.88. The number of nitrogens with one attached hydrogen (secondary N) is 1. The van der Waals surface area contributed by atoms with Crippen LogP contribution in [-0.2, 0) is 28.5 Å². The van der Waals surface area contributed by atoms with Crippen LogP contribution in [0.4, 0.5) is 57.1 Å². The Balaban J connectivity index is 2.13. The number of ether oxygens (including phenoxy) is 4. The topological polar surface area (TPSA) is 245 Å². The molecule has 336 valence electrons. The van der Waals surface area contributed by atoms with Crippen LogP contribution in [0.25, 0.3) is 0 Å². The van der Waals surface area contributed by atoms with E-state index >= 15 is 0 Å². The maximum absolute atomic E-state index is 14.0. The van der Waals surface area contributed by atoms with Crippen LogP contribution in [0.1, 0.15) is 45.4 Å². The largest absolute Gasteiger partial charge is 0.477 e. The van der Waals surface area contributed by atoms with Crippen LogP contribution >= 0.6 is 0 Å². The Hall–Kier alpha value is -2.41. The number of rotatable bonds is 20. The number of aliphatic hydroxyl groups is 7. The Bertz CT molecular complexity index is 1350. The molecule has 0 saturated carbocycles. The van der Waals surface area contributed by atoms with Crippen LogP contribution in [0, 0.1) is 0 Å². The minimum atomic E-state index is -8.02. The molecule has 2 aliphatic rings. The van der Waals surface area contributed by atoms with Gasteiger partial charge in [-0.1, -0.05) is 12.8 Å². The first-order valence-electron chi connectivity index (χ1n) is 16.5. The fourth-order valence-corrected chi connectivity index (χ4v) is 5.76. The third-order valence-corrected chi connectivity index (χ3v) is 9.00. The summed E-state index contributed by atoms with van der Waals surface area (Å²) in [5, 5.41) is 84.2. The van der Waals surface area contributed by atoms with Crippen molar-refractivity contribution in [2.45, 2.75) is 148 Å². The molecule has 2 fully saturated rings. The summed E-state index contributed by atoms with van der Waals surface area (Å²) in [7, 11) is 0. The molecule has 2 heterocycles. The molecule has 9 N–H and O–H groups in total. The molecule has 1 amide bonds. The predicted octanol–water partition coefficient (Wildman–Crippen LogP) is 0.666. The number of aliphatic carboxylic acids is 1. The van der Waals surface area contributed by atoms with Crippen molar-refractivity contribution < 1.29 is 126 Å². The van der Waals surface area contributed by atoms with Crippen molar-refractivity contribution in [2.24, 2.45) is 0 Å². The van der Waals surface area contributed by atoms with Gasteiger partial charge >= 0.3 is 41.8 Å². The van der Waals surface area contributed by atoms with Crippen molar-refractivity contribution in [1.29, 1.82) is 0 Å². The maximum Gasteiger partial charge on any atom is 0.460 e. The van der Waals surface area contributed by atoms with E-state index in [4.69, 9.17) is 18.9 Å². The van der Waals surface area contributed by atoms with Crippen molar-refractivity contribution >= 4 is 11.9 Å². The first kappa shape index (κ1) is 50.7. The van der Waals surface area contributed by atoms with E-state index < -0.39 is 160 Å². The molecule has 0 aromatic carbocycles. The van der Waals surface area contributed by atoms with Gasteiger partial charge in [-0.15, -0.1) is 0 Å². The van der Waals surface area contributed by atoms with E-state index in [9.17, 15) is 108 Å². The smallest absolute Gasteiger partial charge is 0.460 e. The predicted molar refractivity (Wildman–Crippen MR) is 155 cm³/mol. The van der Waals surface area contributed by atoms with Gasteiger partial charge in [-0.25, -0.2) is 4.79 Å². The molecule has 0 radical (unpaired) electrons. The lowest BCUT2D eigenvalue weighted by molar-refractivity contribution is -0.440. The highest BCUT2D eigenvalue weighted by Crippen LogP contribution is 2.60. The third kappa shape index (κ3) is 10.1. The first-order valence-corrected chi connectivity index (χ1v) is 16.5. The van der Waals surface area contributed by atoms with E-state index in [1.54, 1.807) is 0 Å². The molecule has 2 aliphatic heterocycles. The number of alkyl halides is 13. The number of carbonyl (C=O) groups excluding carboxylic acids is 1. The molecule has 28 heteroatoms. The van der Waals surface area contributed by atoms with E-state index in [0.717, 1.165) is 6.92 Å². The summed E-state index contributed by atoms with van der Waals surface area (Å²) in [5.74, 6) is -43.5. The van der Waals surface area contributed by atoms with Gasteiger partial charge in [0.2, 0.25) is 5.91 Å². The van der Waals surface area contributed by atoms with Gasteiger partial charge in [0, 0.05) is 26.4 Å². The van der Waals surface area contributed by atoms with Gasteiger partial charge in [-0.05, 0) is 12.8 Å². The summed E-state index contributed by atoms with van der Waals surface area (Å²) >= 11 is 0. The van der Waals surface area contributed by atoms with Crippen LogP contribution in [0.2, 0.25) is 0 Å². The van der Waals surface area contributed by atoms with Crippen LogP contribution in [0.15, 0.2) is 0 Å². The van der Waals surface area contributed by atoms with Gasteiger partial charge in [0.15, 0.2) is 6.29 Å². The zero-order valence-electron chi connectivity index (χ0n) is 29.1. The van der Waals surface area contributed by atoms with Gasteiger partial charge in [-0.3, -0.25) is 4.79 Å². The Morgan fingerprint density at radius 2 is 1.37 bits per heavy atom. The van der Waals surface area contributed by atoms with E-state index in [-0.39, 0.29) is 12.8 Å². The van der Waals surface area contributed by atoms with Gasteiger partial charge < -0.3 is 65.1 Å². The summed E-state index contributed by atoms with van der Waals surface area (Å²) in [4.78, 5) is 24.2. The molecule has 2 saturated heterocycles. The number of hydrogen-bond donors (Lipinski definition) is 9. The minimum absolute atomic E-state index is 0.329. The van der Waals surface area contributed by atoms with E-state index in [0.29, 0.717) is 0 Å². The zero-order chi connectivity index (χ0) is 44.3. The van der Waals surface area contributed by atoms with E-state index in [1.165, 1.54) is 0 Å². The molecule has 11 atom stereocenters. The van der Waals surface area contributed by atoms with Crippen LogP contribution in [-0.4, -0.2) is 175 Å². The number of hydrogen-bond acceptors (Lipinski definition) is 13. The van der Waals surface area contributed by atoms with Gasteiger partial charge in [-0.2, -0.15) is 57.1 Å². The second kappa shape index (κ2) is 18.5. The average molecular weight is 874 g/mol. The number of amides is 1. The molecule has 0 aliphatic carbocycles. The highest BCUT2D eigenvalue weighted by molar-refractivity contribution is 5.76. The second-order valence-corrected chi connectivity index (χ2v) is 13.2. The minimum Gasteiger partial charge on any atom is -0.477 e. The van der Waals surface area contributed by atoms with E-state index in [2.05, 4.69) is 5.32 Å². The number of aliphatic hydroxyl groups excluding tert-OH is 7. The monoisotopic (exact) mass is 873 g/mol. The van der Waals surface area contributed by atoms with Gasteiger partial charge in [0.1, 0.15) is 42.7 Å². The molecule has 0 spiro atoms. The van der Waals surface area contributed by atoms with Crippen LogP contribution < -0.4 is 5.32 Å². The fraction of sp³-hybridized carbons (Fsp3) is 0.931. The van der Waals surface area contributed by atoms with Crippen molar-refractivity contribution in [3.05, 3.63) is 0 Å². The Morgan fingerprint density at radius 1 is 0.825 bits per heavy atom. The zero-order valence-corrected chi connectivity index (χ0v) is 29.1. The summed E-state index contributed by atoms with van der Waals surface area (Å²) in [6.07, 6.45) is -32.2. The number of halogens is 13. The molecule has 0 bridgehead atoms. The molecular weight excluding hydrogens is 833 g/mol. The summed E-state index contributed by atoms with van der Waals surface area (Å²) in [5.41, 5.74) is 0. The molecule has 2 rings (SSSR count). The third-order valence-electron chi connectivity index (χ3n) is 9.00. The maximum atomic E-state index is 14.0. The summed E-state index contributed by atoms with van der Waals surface area (Å²) in [6, 6.07) is -1.65. The second-order valence-electron chi connectivity index (χ2n) is 13.2. The lowest BCUT2D eigenvalue weighted by Crippen LogP contribution is -2.70. The molecule has 0 aromatic rings. The van der Waals surface area contributed by atoms with E-state index in [1.807, 2.05) is 0 Å². The highest BCUT2D eigenvalue weighted by Gasteiger charge is 2.90. The quantitative estimate of drug-likeness (QED) is 0.0604. The number of carboxylic acid groups (broad SMARTS) is 1. The fourth-order valence-electron chi connectivity index (χ4n) is 5.76. The Kier molecular flexibility index (Phi) is 16.4. The number of carbonyl (C=O) groups is 2.